The van der Waals surface area contributed by atoms with E-state index in [0.29, 0.717) is 11.2 Å². The summed E-state index contributed by atoms with van der Waals surface area (Å²) in [7, 11) is 1.51. The molecule has 1 N–H and O–H groups in total. The van der Waals surface area contributed by atoms with E-state index in [1.807, 2.05) is 12.1 Å². The third-order valence-corrected chi connectivity index (χ3v) is 4.82. The molecule has 1 aliphatic rings. The Hall–Kier alpha value is -1.55. The summed E-state index contributed by atoms with van der Waals surface area (Å²) in [4.78, 5) is 13.5. The molecule has 0 aliphatic carbocycles. The quantitative estimate of drug-likeness (QED) is 0.903. The zero-order valence-corrected chi connectivity index (χ0v) is 13.2. The molecule has 0 radical (unpaired) electrons. The topological polar surface area (TPSA) is 49.8 Å². The standard InChI is InChI=1S/C17H25NO3/c1-4-17(2)7-9-18(10-8-17)12-13-5-6-14(16(19)20)15(11-13)21-3/h5-6,11H,4,7-10,12H2,1-3H3,(H,19,20). The van der Waals surface area contributed by atoms with Crippen LogP contribution in [-0.4, -0.2) is 36.2 Å². The molecule has 1 saturated heterocycles. The number of aromatic carboxylic acids is 1. The minimum atomic E-state index is -0.949. The number of methoxy groups -OCH3 is 1. The lowest BCUT2D eigenvalue weighted by Crippen LogP contribution is -2.37. The SMILES string of the molecule is CCC1(C)CCN(Cc2ccc(C(=O)O)c(OC)c2)CC1. The van der Waals surface area contributed by atoms with E-state index < -0.39 is 5.97 Å². The highest BCUT2D eigenvalue weighted by molar-refractivity contribution is 5.90. The molecule has 0 atom stereocenters. The largest absolute Gasteiger partial charge is 0.496 e. The van der Waals surface area contributed by atoms with E-state index in [-0.39, 0.29) is 5.56 Å². The third kappa shape index (κ3) is 3.76. The van der Waals surface area contributed by atoms with E-state index >= 15 is 0 Å². The molecule has 1 aliphatic heterocycles. The molecule has 2 rings (SSSR count). The summed E-state index contributed by atoms with van der Waals surface area (Å²) >= 11 is 0. The van der Waals surface area contributed by atoms with Crippen molar-refractivity contribution in [3.63, 3.8) is 0 Å². The third-order valence-electron chi connectivity index (χ3n) is 4.82. The Morgan fingerprint density at radius 3 is 2.57 bits per heavy atom. The number of rotatable bonds is 5. The van der Waals surface area contributed by atoms with Crippen molar-refractivity contribution in [2.45, 2.75) is 39.7 Å². The summed E-state index contributed by atoms with van der Waals surface area (Å²) in [5, 5.41) is 9.10. The molecule has 4 heteroatoms. The number of carboxylic acids is 1. The van der Waals surface area contributed by atoms with Gasteiger partial charge in [0, 0.05) is 6.54 Å². The predicted octanol–water partition coefficient (Wildman–Crippen LogP) is 3.41. The summed E-state index contributed by atoms with van der Waals surface area (Å²) in [6.45, 7) is 7.71. The van der Waals surface area contributed by atoms with Gasteiger partial charge >= 0.3 is 5.97 Å². The zero-order valence-electron chi connectivity index (χ0n) is 13.2. The van der Waals surface area contributed by atoms with Crippen LogP contribution in [-0.2, 0) is 6.54 Å². The van der Waals surface area contributed by atoms with E-state index in [2.05, 4.69) is 18.7 Å². The number of hydrogen-bond donors (Lipinski definition) is 1. The highest BCUT2D eigenvalue weighted by Crippen LogP contribution is 2.34. The van der Waals surface area contributed by atoms with Crippen LogP contribution in [0.15, 0.2) is 18.2 Å². The molecule has 21 heavy (non-hydrogen) atoms. The van der Waals surface area contributed by atoms with Gasteiger partial charge in [-0.1, -0.05) is 26.3 Å². The minimum absolute atomic E-state index is 0.221. The van der Waals surface area contributed by atoms with Crippen molar-refractivity contribution in [1.29, 1.82) is 0 Å². The van der Waals surface area contributed by atoms with Crippen LogP contribution in [0.5, 0.6) is 5.75 Å². The van der Waals surface area contributed by atoms with Gasteiger partial charge < -0.3 is 9.84 Å². The van der Waals surface area contributed by atoms with Crippen molar-refractivity contribution in [2.24, 2.45) is 5.41 Å². The molecule has 0 unspecified atom stereocenters. The van der Waals surface area contributed by atoms with Gasteiger partial charge in [-0.3, -0.25) is 4.90 Å². The van der Waals surface area contributed by atoms with E-state index in [0.717, 1.165) is 25.2 Å². The second kappa shape index (κ2) is 6.48. The molecular formula is C17H25NO3. The van der Waals surface area contributed by atoms with E-state index in [1.165, 1.54) is 26.4 Å². The fourth-order valence-electron chi connectivity index (χ4n) is 2.87. The van der Waals surface area contributed by atoms with Crippen molar-refractivity contribution in [3.8, 4) is 5.75 Å². The summed E-state index contributed by atoms with van der Waals surface area (Å²) in [6.07, 6.45) is 3.70. The molecule has 0 saturated carbocycles. The second-order valence-corrected chi connectivity index (χ2v) is 6.28. The summed E-state index contributed by atoms with van der Waals surface area (Å²) in [6, 6.07) is 5.37. The van der Waals surface area contributed by atoms with Crippen molar-refractivity contribution in [2.75, 3.05) is 20.2 Å². The molecule has 4 nitrogen and oxygen atoms in total. The Morgan fingerprint density at radius 1 is 1.38 bits per heavy atom. The van der Waals surface area contributed by atoms with Crippen LogP contribution >= 0.6 is 0 Å². The Kier molecular flexibility index (Phi) is 4.88. The van der Waals surface area contributed by atoms with Crippen LogP contribution in [0.4, 0.5) is 0 Å². The van der Waals surface area contributed by atoms with Crippen molar-refractivity contribution < 1.29 is 14.6 Å². The van der Waals surface area contributed by atoms with Gasteiger partial charge in [0.1, 0.15) is 11.3 Å². The minimum Gasteiger partial charge on any atom is -0.496 e. The molecule has 116 valence electrons. The second-order valence-electron chi connectivity index (χ2n) is 6.28. The van der Waals surface area contributed by atoms with Crippen LogP contribution in [0.3, 0.4) is 0 Å². The molecule has 0 spiro atoms. The van der Waals surface area contributed by atoms with Gasteiger partial charge in [0.15, 0.2) is 0 Å². The lowest BCUT2D eigenvalue weighted by Gasteiger charge is -2.39. The number of piperidine rings is 1. The first-order valence-electron chi connectivity index (χ1n) is 7.60. The van der Waals surface area contributed by atoms with Gasteiger partial charge in [0.25, 0.3) is 0 Å². The molecule has 1 fully saturated rings. The first kappa shape index (κ1) is 15.8. The summed E-state index contributed by atoms with van der Waals surface area (Å²) in [5.74, 6) is -0.509. The predicted molar refractivity (Wildman–Crippen MR) is 82.9 cm³/mol. The average molecular weight is 291 g/mol. The normalized spacial score (nSPS) is 18.4. The molecule has 0 bridgehead atoms. The van der Waals surface area contributed by atoms with E-state index in [4.69, 9.17) is 9.84 Å². The fraction of sp³-hybridized carbons (Fsp3) is 0.588. The molecule has 1 aromatic rings. The molecule has 0 amide bonds. The zero-order chi connectivity index (χ0) is 15.5. The maximum Gasteiger partial charge on any atom is 0.339 e. The monoisotopic (exact) mass is 291 g/mol. The van der Waals surface area contributed by atoms with Gasteiger partial charge in [-0.2, -0.15) is 0 Å². The number of carbonyl (C=O) groups is 1. The van der Waals surface area contributed by atoms with E-state index in [9.17, 15) is 4.79 Å². The van der Waals surface area contributed by atoms with E-state index in [1.54, 1.807) is 6.07 Å². The smallest absolute Gasteiger partial charge is 0.339 e. The van der Waals surface area contributed by atoms with Crippen LogP contribution in [0.2, 0.25) is 0 Å². The van der Waals surface area contributed by atoms with Gasteiger partial charge in [-0.25, -0.2) is 4.79 Å². The Morgan fingerprint density at radius 2 is 2.05 bits per heavy atom. The first-order valence-corrected chi connectivity index (χ1v) is 7.60. The molecule has 1 aromatic carbocycles. The maximum absolute atomic E-state index is 11.1. The maximum atomic E-state index is 11.1. The number of ether oxygens (including phenoxy) is 1. The van der Waals surface area contributed by atoms with Crippen LogP contribution in [0.1, 0.15) is 49.0 Å². The number of carboxylic acid groups (broad SMARTS) is 1. The van der Waals surface area contributed by atoms with Gasteiger partial charge in [-0.15, -0.1) is 0 Å². The van der Waals surface area contributed by atoms with Crippen LogP contribution in [0.25, 0.3) is 0 Å². The summed E-state index contributed by atoms with van der Waals surface area (Å²) in [5.41, 5.74) is 1.82. The average Bonchev–Trinajstić information content (AvgIpc) is 2.49. The highest BCUT2D eigenvalue weighted by atomic mass is 16.5. The Bertz CT molecular complexity index is 505. The number of nitrogens with zero attached hydrogens (tertiary/aromatic N) is 1. The lowest BCUT2D eigenvalue weighted by molar-refractivity contribution is 0.0693. The van der Waals surface area contributed by atoms with Crippen molar-refractivity contribution in [3.05, 3.63) is 29.3 Å². The van der Waals surface area contributed by atoms with Crippen molar-refractivity contribution in [1.82, 2.24) is 4.90 Å². The van der Waals surface area contributed by atoms with Gasteiger partial charge in [-0.05, 0) is 49.0 Å². The lowest BCUT2D eigenvalue weighted by atomic mass is 9.78. The Balaban J connectivity index is 2.03. The summed E-state index contributed by atoms with van der Waals surface area (Å²) < 4.78 is 5.19. The Labute approximate surface area is 126 Å². The fourth-order valence-corrected chi connectivity index (χ4v) is 2.87. The highest BCUT2D eigenvalue weighted by Gasteiger charge is 2.28. The van der Waals surface area contributed by atoms with Gasteiger partial charge in [0.05, 0.1) is 7.11 Å². The number of hydrogen-bond acceptors (Lipinski definition) is 3. The van der Waals surface area contributed by atoms with Crippen molar-refractivity contribution >= 4 is 5.97 Å². The molecule has 1 heterocycles. The molecule has 0 aromatic heterocycles. The van der Waals surface area contributed by atoms with Gasteiger partial charge in [0.2, 0.25) is 0 Å². The first-order chi connectivity index (χ1) is 9.97. The molecular weight excluding hydrogens is 266 g/mol. The number of benzene rings is 1. The van der Waals surface area contributed by atoms with Crippen LogP contribution < -0.4 is 4.74 Å². The number of likely N-dealkylation sites (tertiary alicyclic amines) is 1. The van der Waals surface area contributed by atoms with Crippen LogP contribution in [0, 0.1) is 5.41 Å².